The Balaban J connectivity index is 1.27. The number of aromatic nitrogens is 1. The number of ether oxygens (including phenoxy) is 1. The summed E-state index contributed by atoms with van der Waals surface area (Å²) in [7, 11) is 0. The Kier molecular flexibility index (Phi) is 4.90. The summed E-state index contributed by atoms with van der Waals surface area (Å²) >= 11 is 0. The van der Waals surface area contributed by atoms with Crippen LogP contribution in [-0.2, 0) is 0 Å². The summed E-state index contributed by atoms with van der Waals surface area (Å²) in [5.74, 6) is 1.60. The summed E-state index contributed by atoms with van der Waals surface area (Å²) in [6.45, 7) is 4.06. The first-order valence-electron chi connectivity index (χ1n) is 10.4. The summed E-state index contributed by atoms with van der Waals surface area (Å²) in [6, 6.07) is 17.8. The molecule has 5 rings (SSSR count). The fourth-order valence-electron chi connectivity index (χ4n) is 4.46. The normalized spacial score (nSPS) is 19.7. The zero-order chi connectivity index (χ0) is 19.6. The average molecular weight is 387 g/mol. The molecule has 3 aromatic rings. The number of hydrogen-bond donors (Lipinski definition) is 0. The van der Waals surface area contributed by atoms with E-state index in [1.54, 1.807) is 6.20 Å². The number of hydrogen-bond acceptors (Lipinski definition) is 4. The Labute approximate surface area is 170 Å². The Hall–Kier alpha value is -2.92. The smallest absolute Gasteiger partial charge is 0.253 e. The second-order valence-corrected chi connectivity index (χ2v) is 7.89. The third kappa shape index (κ3) is 3.70. The molecule has 1 aromatic heterocycles. The number of nitrogens with zero attached hydrogens (tertiary/aromatic N) is 3. The second kappa shape index (κ2) is 7.84. The molecule has 0 unspecified atom stereocenters. The molecule has 0 saturated carbocycles. The van der Waals surface area contributed by atoms with Gasteiger partial charge in [-0.05, 0) is 74.8 Å². The molecular weight excluding hydrogens is 362 g/mol. The molecule has 0 aliphatic carbocycles. The Morgan fingerprint density at radius 3 is 2.59 bits per heavy atom. The number of carbonyl (C=O) groups is 1. The highest BCUT2D eigenvalue weighted by Crippen LogP contribution is 2.29. The van der Waals surface area contributed by atoms with E-state index >= 15 is 0 Å². The molecule has 2 aliphatic heterocycles. The standard InChI is InChI=1S/C24H25N3O2/c28-24(27-16-12-19(17-27)26-14-3-4-15-26)18-7-9-20(10-8-18)29-23-11-13-25-22-6-2-1-5-21(22)23/h1-2,5-11,13,19H,3-4,12,14-17H2/t19-/m0/s1. The average Bonchev–Trinajstić information content (AvgIpc) is 3.46. The zero-order valence-electron chi connectivity index (χ0n) is 16.5. The highest BCUT2D eigenvalue weighted by atomic mass is 16.5. The minimum Gasteiger partial charge on any atom is -0.457 e. The number of para-hydroxylation sites is 1. The molecule has 0 spiro atoms. The first-order valence-corrected chi connectivity index (χ1v) is 10.4. The van der Waals surface area contributed by atoms with E-state index in [1.807, 2.05) is 59.5 Å². The zero-order valence-corrected chi connectivity index (χ0v) is 16.5. The minimum absolute atomic E-state index is 0.118. The Morgan fingerprint density at radius 2 is 1.76 bits per heavy atom. The van der Waals surface area contributed by atoms with E-state index in [-0.39, 0.29) is 5.91 Å². The number of rotatable bonds is 4. The van der Waals surface area contributed by atoms with Gasteiger partial charge in [-0.1, -0.05) is 12.1 Å². The molecule has 0 radical (unpaired) electrons. The van der Waals surface area contributed by atoms with Crippen LogP contribution in [0.15, 0.2) is 60.8 Å². The Morgan fingerprint density at radius 1 is 0.966 bits per heavy atom. The van der Waals surface area contributed by atoms with E-state index in [0.717, 1.165) is 41.7 Å². The fourth-order valence-corrected chi connectivity index (χ4v) is 4.46. The summed E-state index contributed by atoms with van der Waals surface area (Å²) in [6.07, 6.45) is 5.42. The summed E-state index contributed by atoms with van der Waals surface area (Å²) < 4.78 is 6.06. The maximum absolute atomic E-state index is 12.9. The number of likely N-dealkylation sites (tertiary alicyclic amines) is 2. The van der Waals surface area contributed by atoms with Crippen molar-refractivity contribution in [3.8, 4) is 11.5 Å². The molecule has 3 heterocycles. The molecule has 5 heteroatoms. The molecule has 0 bridgehead atoms. The Bertz CT molecular complexity index is 1010. The lowest BCUT2D eigenvalue weighted by atomic mass is 10.2. The van der Waals surface area contributed by atoms with Crippen molar-refractivity contribution in [2.24, 2.45) is 0 Å². The van der Waals surface area contributed by atoms with Crippen LogP contribution in [0.2, 0.25) is 0 Å². The molecule has 1 atom stereocenters. The van der Waals surface area contributed by atoms with Gasteiger partial charge in [0.15, 0.2) is 0 Å². The van der Waals surface area contributed by atoms with Crippen LogP contribution in [-0.4, -0.2) is 52.9 Å². The van der Waals surface area contributed by atoms with Gasteiger partial charge in [0.05, 0.1) is 5.52 Å². The second-order valence-electron chi connectivity index (χ2n) is 7.89. The number of benzene rings is 2. The van der Waals surface area contributed by atoms with Gasteiger partial charge in [0.25, 0.3) is 5.91 Å². The van der Waals surface area contributed by atoms with Gasteiger partial charge in [-0.15, -0.1) is 0 Å². The van der Waals surface area contributed by atoms with Crippen LogP contribution >= 0.6 is 0 Å². The van der Waals surface area contributed by atoms with Crippen molar-refractivity contribution >= 4 is 16.8 Å². The molecule has 148 valence electrons. The molecule has 2 aliphatic rings. The number of pyridine rings is 1. The third-order valence-corrected chi connectivity index (χ3v) is 6.05. The largest absolute Gasteiger partial charge is 0.457 e. The van der Waals surface area contributed by atoms with Crippen LogP contribution in [0.5, 0.6) is 11.5 Å². The maximum atomic E-state index is 12.9. The van der Waals surface area contributed by atoms with Crippen LogP contribution in [0, 0.1) is 0 Å². The van der Waals surface area contributed by atoms with Crippen molar-refractivity contribution in [1.29, 1.82) is 0 Å². The molecule has 0 N–H and O–H groups in total. The van der Waals surface area contributed by atoms with Gasteiger partial charge < -0.3 is 9.64 Å². The van der Waals surface area contributed by atoms with Crippen LogP contribution < -0.4 is 4.74 Å². The van der Waals surface area contributed by atoms with Crippen LogP contribution in [0.4, 0.5) is 0 Å². The van der Waals surface area contributed by atoms with E-state index in [0.29, 0.717) is 11.8 Å². The van der Waals surface area contributed by atoms with Crippen molar-refractivity contribution < 1.29 is 9.53 Å². The lowest BCUT2D eigenvalue weighted by molar-refractivity contribution is 0.0780. The highest BCUT2D eigenvalue weighted by Gasteiger charge is 2.31. The van der Waals surface area contributed by atoms with Crippen LogP contribution in [0.1, 0.15) is 29.6 Å². The van der Waals surface area contributed by atoms with E-state index in [1.165, 1.54) is 25.9 Å². The van der Waals surface area contributed by atoms with Crippen LogP contribution in [0.25, 0.3) is 10.9 Å². The molecule has 2 aromatic carbocycles. The monoisotopic (exact) mass is 387 g/mol. The SMILES string of the molecule is O=C(c1ccc(Oc2ccnc3ccccc23)cc1)N1CC[C@H](N2CCCC2)C1. The predicted molar refractivity (Wildman–Crippen MR) is 113 cm³/mol. The molecule has 2 saturated heterocycles. The number of amides is 1. The number of fused-ring (bicyclic) bond motifs is 1. The van der Waals surface area contributed by atoms with Gasteiger partial charge in [-0.2, -0.15) is 0 Å². The van der Waals surface area contributed by atoms with Crippen molar-refractivity contribution in [3.63, 3.8) is 0 Å². The van der Waals surface area contributed by atoms with E-state index in [9.17, 15) is 4.79 Å². The topological polar surface area (TPSA) is 45.7 Å². The van der Waals surface area contributed by atoms with E-state index in [2.05, 4.69) is 9.88 Å². The van der Waals surface area contributed by atoms with Gasteiger partial charge in [0.1, 0.15) is 11.5 Å². The minimum atomic E-state index is 0.118. The quantitative estimate of drug-likeness (QED) is 0.668. The lowest BCUT2D eigenvalue weighted by Crippen LogP contribution is -2.37. The van der Waals surface area contributed by atoms with Crippen molar-refractivity contribution in [3.05, 3.63) is 66.4 Å². The van der Waals surface area contributed by atoms with Crippen molar-refractivity contribution in [2.45, 2.75) is 25.3 Å². The third-order valence-electron chi connectivity index (χ3n) is 6.05. The summed E-state index contributed by atoms with van der Waals surface area (Å²) in [5.41, 5.74) is 1.62. The first-order chi connectivity index (χ1) is 14.3. The van der Waals surface area contributed by atoms with Gasteiger partial charge in [-0.25, -0.2) is 0 Å². The molecule has 29 heavy (non-hydrogen) atoms. The van der Waals surface area contributed by atoms with Gasteiger partial charge in [-0.3, -0.25) is 14.7 Å². The summed E-state index contributed by atoms with van der Waals surface area (Å²) in [5, 5.41) is 0.972. The predicted octanol–water partition coefficient (Wildman–Crippen LogP) is 4.34. The highest BCUT2D eigenvalue weighted by molar-refractivity contribution is 5.94. The van der Waals surface area contributed by atoms with Crippen LogP contribution in [0.3, 0.4) is 0 Å². The fraction of sp³-hybridized carbons (Fsp3) is 0.333. The van der Waals surface area contributed by atoms with E-state index < -0.39 is 0 Å². The van der Waals surface area contributed by atoms with Crippen molar-refractivity contribution in [2.75, 3.05) is 26.2 Å². The summed E-state index contributed by atoms with van der Waals surface area (Å²) in [4.78, 5) is 21.8. The lowest BCUT2D eigenvalue weighted by Gasteiger charge is -2.23. The maximum Gasteiger partial charge on any atom is 0.253 e. The number of carbonyl (C=O) groups excluding carboxylic acids is 1. The molecule has 2 fully saturated rings. The van der Waals surface area contributed by atoms with Gasteiger partial charge >= 0.3 is 0 Å². The van der Waals surface area contributed by atoms with Gasteiger partial charge in [0, 0.05) is 36.3 Å². The van der Waals surface area contributed by atoms with Gasteiger partial charge in [0.2, 0.25) is 0 Å². The molecular formula is C24H25N3O2. The molecule has 5 nitrogen and oxygen atoms in total. The van der Waals surface area contributed by atoms with Crippen molar-refractivity contribution in [1.82, 2.24) is 14.8 Å². The first kappa shape index (κ1) is 18.1. The van der Waals surface area contributed by atoms with E-state index in [4.69, 9.17) is 4.74 Å². The molecule has 1 amide bonds.